The summed E-state index contributed by atoms with van der Waals surface area (Å²) >= 11 is 7.49. The average Bonchev–Trinajstić information content (AvgIpc) is 3.29. The van der Waals surface area contributed by atoms with Crippen molar-refractivity contribution in [1.29, 1.82) is 0 Å². The molecule has 4 rings (SSSR count). The summed E-state index contributed by atoms with van der Waals surface area (Å²) in [6.07, 6.45) is 1.04. The van der Waals surface area contributed by atoms with Crippen LogP contribution in [0.3, 0.4) is 0 Å². The topological polar surface area (TPSA) is 77.7 Å². The molecule has 2 aromatic heterocycles. The largest absolute Gasteiger partial charge is 0.249 e. The van der Waals surface area contributed by atoms with Gasteiger partial charge in [-0.25, -0.2) is 23.1 Å². The highest BCUT2D eigenvalue weighted by Gasteiger charge is 2.42. The van der Waals surface area contributed by atoms with Crippen LogP contribution in [0.25, 0.3) is 11.4 Å². The monoisotopic (exact) mass is 408 g/mol. The maximum atomic E-state index is 12.1. The fraction of sp³-hybridized carbons (Fsp3) is 0.353. The molecule has 1 saturated heterocycles. The Balaban J connectivity index is 1.79. The lowest BCUT2D eigenvalue weighted by Gasteiger charge is -2.24. The molecule has 0 bridgehead atoms. The number of thiazole rings is 1. The van der Waals surface area contributed by atoms with Gasteiger partial charge in [0.2, 0.25) is 0 Å². The fourth-order valence-electron chi connectivity index (χ4n) is 3.26. The highest BCUT2D eigenvalue weighted by Crippen LogP contribution is 2.32. The Morgan fingerprint density at radius 3 is 2.69 bits per heavy atom. The number of rotatable bonds is 4. The van der Waals surface area contributed by atoms with E-state index in [1.54, 1.807) is 22.3 Å². The van der Waals surface area contributed by atoms with Gasteiger partial charge < -0.3 is 0 Å². The van der Waals surface area contributed by atoms with Crippen LogP contribution in [0.4, 0.5) is 0 Å². The molecule has 1 unspecified atom stereocenters. The third-order valence-electron chi connectivity index (χ3n) is 4.59. The van der Waals surface area contributed by atoms with Gasteiger partial charge in [-0.05, 0) is 37.6 Å². The van der Waals surface area contributed by atoms with Crippen LogP contribution < -0.4 is 0 Å². The van der Waals surface area contributed by atoms with E-state index >= 15 is 0 Å². The zero-order valence-corrected chi connectivity index (χ0v) is 16.5. The number of nitrogens with zero attached hydrogens (tertiary/aromatic N) is 4. The van der Waals surface area contributed by atoms with Crippen molar-refractivity contribution in [3.63, 3.8) is 0 Å². The second-order valence-electron chi connectivity index (χ2n) is 6.77. The highest BCUT2D eigenvalue weighted by molar-refractivity contribution is 7.91. The van der Waals surface area contributed by atoms with Gasteiger partial charge in [0, 0.05) is 16.0 Å². The van der Waals surface area contributed by atoms with Crippen LogP contribution in [-0.4, -0.2) is 39.7 Å². The molecule has 1 aliphatic rings. The van der Waals surface area contributed by atoms with E-state index in [0.717, 1.165) is 17.1 Å². The Hall–Kier alpha value is -1.77. The molecule has 1 aliphatic heterocycles. The molecule has 0 saturated carbocycles. The molecule has 9 heteroatoms. The predicted molar refractivity (Wildman–Crippen MR) is 102 cm³/mol. The minimum Gasteiger partial charge on any atom is -0.249 e. The summed E-state index contributed by atoms with van der Waals surface area (Å²) in [6, 6.07) is 7.31. The van der Waals surface area contributed by atoms with E-state index in [4.69, 9.17) is 16.6 Å². The van der Waals surface area contributed by atoms with E-state index in [-0.39, 0.29) is 11.5 Å². The summed E-state index contributed by atoms with van der Waals surface area (Å²) in [5.74, 6) is 1.54. The van der Waals surface area contributed by atoms with Gasteiger partial charge in [-0.2, -0.15) is 5.10 Å². The van der Waals surface area contributed by atoms with E-state index in [2.05, 4.69) is 10.1 Å². The summed E-state index contributed by atoms with van der Waals surface area (Å²) in [4.78, 5) is 9.03. The van der Waals surface area contributed by atoms with Crippen LogP contribution in [0.5, 0.6) is 0 Å². The Kier molecular flexibility index (Phi) is 4.37. The fourth-order valence-corrected chi connectivity index (χ4v) is 6.05. The summed E-state index contributed by atoms with van der Waals surface area (Å²) in [5.41, 5.74) is 2.92. The second kappa shape index (κ2) is 6.44. The number of benzene rings is 1. The van der Waals surface area contributed by atoms with Gasteiger partial charge in [-0.15, -0.1) is 11.3 Å². The molecule has 6 nitrogen and oxygen atoms in total. The number of sulfone groups is 1. The quantitative estimate of drug-likeness (QED) is 0.662. The lowest BCUT2D eigenvalue weighted by Crippen LogP contribution is -2.34. The molecule has 1 aromatic carbocycles. The average molecular weight is 409 g/mol. The first-order valence-electron chi connectivity index (χ1n) is 8.15. The zero-order chi connectivity index (χ0) is 18.4. The standard InChI is InChI=1S/C17H17ClN4O2S2/c1-17(6-7-26(23,24)10-17)22-15(8-14-9-25-11-19-14)20-16(21-22)12-2-4-13(18)5-3-12/h2-5,9,11H,6-8,10H2,1H3. The first-order valence-corrected chi connectivity index (χ1v) is 11.3. The minimum absolute atomic E-state index is 0.0769. The first kappa shape index (κ1) is 17.6. The zero-order valence-electron chi connectivity index (χ0n) is 14.1. The maximum absolute atomic E-state index is 12.1. The van der Waals surface area contributed by atoms with E-state index < -0.39 is 15.4 Å². The predicted octanol–water partition coefficient (Wildman–Crippen LogP) is 3.18. The second-order valence-corrected chi connectivity index (χ2v) is 10.1. The van der Waals surface area contributed by atoms with Gasteiger partial charge in [0.1, 0.15) is 5.82 Å². The maximum Gasteiger partial charge on any atom is 0.181 e. The normalized spacial score (nSPS) is 21.9. The molecule has 0 amide bonds. The molecule has 0 radical (unpaired) electrons. The highest BCUT2D eigenvalue weighted by atomic mass is 35.5. The van der Waals surface area contributed by atoms with Crippen molar-refractivity contribution in [2.45, 2.75) is 25.3 Å². The minimum atomic E-state index is -3.06. The molecule has 1 fully saturated rings. The number of halogens is 1. The van der Waals surface area contributed by atoms with E-state index in [0.29, 0.717) is 23.7 Å². The molecule has 3 heterocycles. The van der Waals surface area contributed by atoms with Gasteiger partial charge in [0.15, 0.2) is 15.7 Å². The van der Waals surface area contributed by atoms with Crippen molar-refractivity contribution >= 4 is 32.8 Å². The van der Waals surface area contributed by atoms with Crippen LogP contribution >= 0.6 is 22.9 Å². The summed E-state index contributed by atoms with van der Waals surface area (Å²) in [6.45, 7) is 1.93. The van der Waals surface area contributed by atoms with Crippen molar-refractivity contribution in [2.75, 3.05) is 11.5 Å². The van der Waals surface area contributed by atoms with Crippen molar-refractivity contribution in [3.8, 4) is 11.4 Å². The van der Waals surface area contributed by atoms with Gasteiger partial charge in [-0.3, -0.25) is 0 Å². The van der Waals surface area contributed by atoms with Gasteiger partial charge in [0.05, 0.1) is 34.7 Å². The van der Waals surface area contributed by atoms with Crippen molar-refractivity contribution < 1.29 is 8.42 Å². The van der Waals surface area contributed by atoms with Crippen molar-refractivity contribution in [3.05, 3.63) is 51.7 Å². The first-order chi connectivity index (χ1) is 12.3. The van der Waals surface area contributed by atoms with Crippen LogP contribution in [0.1, 0.15) is 24.9 Å². The van der Waals surface area contributed by atoms with Crippen LogP contribution in [-0.2, 0) is 21.8 Å². The molecule has 3 aromatic rings. The van der Waals surface area contributed by atoms with E-state index in [1.165, 1.54) is 11.3 Å². The Morgan fingerprint density at radius 2 is 2.08 bits per heavy atom. The lowest BCUT2D eigenvalue weighted by molar-refractivity contribution is 0.318. The third kappa shape index (κ3) is 3.41. The van der Waals surface area contributed by atoms with Gasteiger partial charge in [0.25, 0.3) is 0 Å². The molecule has 26 heavy (non-hydrogen) atoms. The number of hydrogen-bond donors (Lipinski definition) is 0. The van der Waals surface area contributed by atoms with Crippen molar-refractivity contribution in [2.24, 2.45) is 0 Å². The lowest BCUT2D eigenvalue weighted by atomic mass is 10.0. The van der Waals surface area contributed by atoms with Crippen molar-refractivity contribution in [1.82, 2.24) is 19.7 Å². The Morgan fingerprint density at radius 1 is 1.31 bits per heavy atom. The van der Waals surface area contributed by atoms with E-state index in [9.17, 15) is 8.42 Å². The molecular formula is C17H17ClN4O2S2. The molecule has 0 N–H and O–H groups in total. The molecule has 0 aliphatic carbocycles. The Labute approximate surface area is 160 Å². The molecule has 1 atom stereocenters. The van der Waals surface area contributed by atoms with Crippen LogP contribution in [0.2, 0.25) is 5.02 Å². The van der Waals surface area contributed by atoms with Gasteiger partial charge >= 0.3 is 0 Å². The summed E-state index contributed by atoms with van der Waals surface area (Å²) in [5, 5.41) is 7.29. The number of aromatic nitrogens is 4. The smallest absolute Gasteiger partial charge is 0.181 e. The van der Waals surface area contributed by atoms with E-state index in [1.807, 2.05) is 24.4 Å². The summed E-state index contributed by atoms with van der Waals surface area (Å²) in [7, 11) is -3.06. The number of hydrogen-bond acceptors (Lipinski definition) is 6. The SMILES string of the molecule is CC1(n2nc(-c3ccc(Cl)cc3)nc2Cc2cscn2)CCS(=O)(=O)C1. The van der Waals surface area contributed by atoms with Gasteiger partial charge in [-0.1, -0.05) is 11.6 Å². The Bertz CT molecular complexity index is 1030. The molecular weight excluding hydrogens is 392 g/mol. The van der Waals surface area contributed by atoms with Crippen LogP contribution in [0.15, 0.2) is 35.2 Å². The third-order valence-corrected chi connectivity index (χ3v) is 7.37. The summed E-state index contributed by atoms with van der Waals surface area (Å²) < 4.78 is 25.9. The molecule has 0 spiro atoms. The van der Waals surface area contributed by atoms with Crippen LogP contribution in [0, 0.1) is 0 Å². The molecule has 136 valence electrons.